The molecule has 0 amide bonds. The van der Waals surface area contributed by atoms with Crippen molar-refractivity contribution in [3.05, 3.63) is 52.1 Å². The first kappa shape index (κ1) is 30.5. The third kappa shape index (κ3) is 5.12. The smallest absolute Gasteiger partial charge is 0.229 e. The van der Waals surface area contributed by atoms with E-state index < -0.39 is 104 Å². The summed E-state index contributed by atoms with van der Waals surface area (Å²) < 4.78 is 22.6. The van der Waals surface area contributed by atoms with E-state index in [-0.39, 0.29) is 22.3 Å². The zero-order chi connectivity index (χ0) is 30.6. The van der Waals surface area contributed by atoms with Crippen LogP contribution in [-0.2, 0) is 14.2 Å². The molecule has 1 aliphatic carbocycles. The summed E-state index contributed by atoms with van der Waals surface area (Å²) in [5.74, 6) is -2.11. The first-order valence-corrected chi connectivity index (χ1v) is 13.1. The van der Waals surface area contributed by atoms with Gasteiger partial charge in [-0.05, 0) is 24.6 Å². The molecule has 2 saturated heterocycles. The van der Waals surface area contributed by atoms with Gasteiger partial charge >= 0.3 is 0 Å². The third-order valence-corrected chi connectivity index (χ3v) is 7.64. The van der Waals surface area contributed by atoms with Crippen LogP contribution in [0.4, 0.5) is 0 Å². The third-order valence-electron chi connectivity index (χ3n) is 7.64. The van der Waals surface area contributed by atoms with Crippen LogP contribution in [0.1, 0.15) is 38.7 Å². The standard InChI is InChI=1S/C27H32O15/c1-8-2-10-16(12(31)3-8)20(34)17-11(25(10)42-27-24(38)22(36)19(33)15(7-29)41-27)4-9(30)5-13(17)39-26-23(37)21(35)18(32)14(6-28)40-26/h2-5,14-15,18-19,21-33,35-38H,6-7H2,1H3/t14-,15-,18-,19-,21+,22+,23-,24-,25-,26-,27+/m1/s1. The van der Waals surface area contributed by atoms with Crippen molar-refractivity contribution in [2.24, 2.45) is 0 Å². The van der Waals surface area contributed by atoms with Gasteiger partial charge in [0.25, 0.3) is 0 Å². The van der Waals surface area contributed by atoms with Crippen LogP contribution >= 0.6 is 0 Å². The number of aromatic hydroxyl groups is 2. The number of phenolic OH excluding ortho intramolecular Hbond substituents is 2. The van der Waals surface area contributed by atoms with Crippen LogP contribution in [0.25, 0.3) is 0 Å². The van der Waals surface area contributed by atoms with E-state index in [1.165, 1.54) is 12.1 Å². The summed E-state index contributed by atoms with van der Waals surface area (Å²) in [6, 6.07) is 4.96. The molecule has 3 aliphatic rings. The topological polar surface area (TPSA) is 256 Å². The highest BCUT2D eigenvalue weighted by Gasteiger charge is 2.48. The number of carbonyl (C=O) groups excluding carboxylic acids is 1. The van der Waals surface area contributed by atoms with Crippen molar-refractivity contribution in [1.82, 2.24) is 0 Å². The molecule has 0 spiro atoms. The van der Waals surface area contributed by atoms with Gasteiger partial charge in [0, 0.05) is 17.2 Å². The van der Waals surface area contributed by atoms with E-state index in [1.807, 2.05) is 0 Å². The second-order valence-corrected chi connectivity index (χ2v) is 10.5. The molecule has 42 heavy (non-hydrogen) atoms. The molecule has 15 heteroatoms. The van der Waals surface area contributed by atoms with Crippen molar-refractivity contribution in [2.45, 2.75) is 74.4 Å². The van der Waals surface area contributed by atoms with Crippen molar-refractivity contribution < 1.29 is 74.8 Å². The van der Waals surface area contributed by atoms with E-state index in [2.05, 4.69) is 0 Å². The lowest BCUT2D eigenvalue weighted by molar-refractivity contribution is -0.309. The maximum absolute atomic E-state index is 13.8. The molecule has 230 valence electrons. The van der Waals surface area contributed by atoms with E-state index in [1.54, 1.807) is 6.92 Å². The Morgan fingerprint density at radius 1 is 0.714 bits per heavy atom. The summed E-state index contributed by atoms with van der Waals surface area (Å²) in [6.45, 7) is 0.136. The van der Waals surface area contributed by atoms with Crippen molar-refractivity contribution in [3.63, 3.8) is 0 Å². The van der Waals surface area contributed by atoms with Crippen LogP contribution in [0.5, 0.6) is 17.2 Å². The lowest BCUT2D eigenvalue weighted by atomic mass is 9.81. The average Bonchev–Trinajstić information content (AvgIpc) is 2.94. The predicted octanol–water partition coefficient (Wildman–Crippen LogP) is -2.96. The van der Waals surface area contributed by atoms with Gasteiger partial charge in [-0.2, -0.15) is 0 Å². The summed E-state index contributed by atoms with van der Waals surface area (Å²) in [5, 5.41) is 102. The number of ketones is 1. The highest BCUT2D eigenvalue weighted by molar-refractivity contribution is 6.16. The number of rotatable bonds is 6. The lowest BCUT2D eigenvalue weighted by Crippen LogP contribution is -2.60. The number of aryl methyl sites for hydroxylation is 1. The monoisotopic (exact) mass is 596 g/mol. The van der Waals surface area contributed by atoms with Crippen molar-refractivity contribution in [3.8, 4) is 17.2 Å². The fraction of sp³-hybridized carbons (Fsp3) is 0.519. The Morgan fingerprint density at radius 2 is 1.26 bits per heavy atom. The van der Waals surface area contributed by atoms with Crippen molar-refractivity contribution in [2.75, 3.05) is 13.2 Å². The highest BCUT2D eigenvalue weighted by atomic mass is 16.7. The molecule has 0 bridgehead atoms. The number of hydrogen-bond donors (Lipinski definition) is 10. The predicted molar refractivity (Wildman–Crippen MR) is 135 cm³/mol. The zero-order valence-electron chi connectivity index (χ0n) is 22.1. The molecule has 5 rings (SSSR count). The van der Waals surface area contributed by atoms with E-state index in [0.29, 0.717) is 5.56 Å². The minimum absolute atomic E-state index is 0.0611. The Kier molecular flexibility index (Phi) is 8.45. The number of fused-ring (bicyclic) bond motifs is 2. The second kappa shape index (κ2) is 11.6. The maximum atomic E-state index is 13.8. The van der Waals surface area contributed by atoms with Gasteiger partial charge in [-0.1, -0.05) is 6.07 Å². The van der Waals surface area contributed by atoms with Crippen LogP contribution in [0.2, 0.25) is 0 Å². The Bertz CT molecular complexity index is 1330. The Labute approximate surface area is 238 Å². The van der Waals surface area contributed by atoms with E-state index >= 15 is 0 Å². The van der Waals surface area contributed by atoms with Crippen LogP contribution in [0.3, 0.4) is 0 Å². The number of phenols is 2. The Hall–Kier alpha value is -2.93. The maximum Gasteiger partial charge on any atom is 0.229 e. The van der Waals surface area contributed by atoms with Gasteiger partial charge in [-0.3, -0.25) is 4.79 Å². The number of aliphatic hydroxyl groups is 8. The molecule has 2 aliphatic heterocycles. The SMILES string of the molecule is Cc1cc(O)c2c(c1)[C@@H](O[C@@H]1O[C@H](CO)[C@@H](O)[C@H](O)[C@H]1O)c1cc(O)cc(O[C@@H]3O[C@H](CO)[C@@H](O)[C@H](O)[C@H]3O)c1C2=O. The Morgan fingerprint density at radius 3 is 1.86 bits per heavy atom. The summed E-state index contributed by atoms with van der Waals surface area (Å²) in [4.78, 5) is 13.8. The Balaban J connectivity index is 1.60. The molecule has 15 nitrogen and oxygen atoms in total. The molecule has 0 unspecified atom stereocenters. The van der Waals surface area contributed by atoms with Gasteiger partial charge in [0.1, 0.15) is 72.2 Å². The fourth-order valence-electron chi connectivity index (χ4n) is 5.46. The second-order valence-electron chi connectivity index (χ2n) is 10.5. The lowest BCUT2D eigenvalue weighted by Gasteiger charge is -2.42. The van der Waals surface area contributed by atoms with Gasteiger partial charge in [0.2, 0.25) is 12.1 Å². The molecule has 2 fully saturated rings. The first-order chi connectivity index (χ1) is 19.9. The van der Waals surface area contributed by atoms with E-state index in [0.717, 1.165) is 12.1 Å². The number of aliphatic hydroxyl groups excluding tert-OH is 8. The zero-order valence-corrected chi connectivity index (χ0v) is 22.1. The summed E-state index contributed by atoms with van der Waals surface area (Å²) in [6.07, 6.45) is -18.1. The molecule has 2 aromatic carbocycles. The summed E-state index contributed by atoms with van der Waals surface area (Å²) >= 11 is 0. The largest absolute Gasteiger partial charge is 0.508 e. The number of carbonyl (C=O) groups is 1. The number of hydrogen-bond acceptors (Lipinski definition) is 15. The van der Waals surface area contributed by atoms with Crippen LogP contribution in [0.15, 0.2) is 24.3 Å². The summed E-state index contributed by atoms with van der Waals surface area (Å²) in [5.41, 5.74) is 0.00119. The molecule has 2 heterocycles. The molecule has 10 N–H and O–H groups in total. The van der Waals surface area contributed by atoms with Gasteiger partial charge in [0.15, 0.2) is 6.29 Å². The molecular weight excluding hydrogens is 564 g/mol. The molecule has 0 radical (unpaired) electrons. The highest BCUT2D eigenvalue weighted by Crippen LogP contribution is 2.47. The van der Waals surface area contributed by atoms with Crippen molar-refractivity contribution >= 4 is 5.78 Å². The van der Waals surface area contributed by atoms with Crippen LogP contribution < -0.4 is 4.74 Å². The number of benzene rings is 2. The normalized spacial score (nSPS) is 36.3. The van der Waals surface area contributed by atoms with Gasteiger partial charge in [-0.15, -0.1) is 0 Å². The van der Waals surface area contributed by atoms with E-state index in [9.17, 15) is 55.9 Å². The quantitative estimate of drug-likeness (QED) is 0.160. The van der Waals surface area contributed by atoms with Gasteiger partial charge in [0.05, 0.1) is 24.3 Å². The van der Waals surface area contributed by atoms with Gasteiger partial charge < -0.3 is 70.0 Å². The molecule has 11 atom stereocenters. The minimum atomic E-state index is -1.86. The summed E-state index contributed by atoms with van der Waals surface area (Å²) in [7, 11) is 0. The minimum Gasteiger partial charge on any atom is -0.508 e. The fourth-order valence-corrected chi connectivity index (χ4v) is 5.46. The molecular formula is C27H32O15. The first-order valence-electron chi connectivity index (χ1n) is 13.1. The number of ether oxygens (including phenoxy) is 4. The molecule has 0 aromatic heterocycles. The van der Waals surface area contributed by atoms with Crippen LogP contribution in [0, 0.1) is 6.92 Å². The van der Waals surface area contributed by atoms with E-state index in [4.69, 9.17) is 18.9 Å². The average molecular weight is 597 g/mol. The molecule has 0 saturated carbocycles. The van der Waals surface area contributed by atoms with Crippen molar-refractivity contribution in [1.29, 1.82) is 0 Å². The van der Waals surface area contributed by atoms with Gasteiger partial charge in [-0.25, -0.2) is 0 Å². The molecule has 2 aromatic rings. The van der Waals surface area contributed by atoms with Crippen LogP contribution in [-0.4, -0.2) is 131 Å².